The van der Waals surface area contributed by atoms with Gasteiger partial charge in [-0.3, -0.25) is 0 Å². The topological polar surface area (TPSA) is 96.3 Å². The van der Waals surface area contributed by atoms with Crippen molar-refractivity contribution in [2.45, 2.75) is 62.4 Å². The fraction of sp³-hybridized carbons (Fsp3) is 0.440. The second kappa shape index (κ2) is 8.88. The Morgan fingerprint density at radius 3 is 2.61 bits per heavy atom. The second-order valence-corrected chi connectivity index (χ2v) is 9.64. The minimum absolute atomic E-state index is 0.0198. The molecule has 0 spiro atoms. The maximum Gasteiger partial charge on any atom is 0.216 e. The third kappa shape index (κ3) is 4.11. The van der Waals surface area contributed by atoms with E-state index < -0.39 is 17.9 Å². The first-order valence-corrected chi connectivity index (χ1v) is 12.0. The molecule has 4 heterocycles. The first kappa shape index (κ1) is 23.0. The number of aromatic nitrogens is 4. The molecule has 4 atom stereocenters. The number of piperidine rings is 1. The molecule has 2 unspecified atom stereocenters. The number of phenolic OH excluding ortho intramolecular Hbond substituents is 1. The van der Waals surface area contributed by atoms with Crippen LogP contribution in [0.25, 0.3) is 22.5 Å². The molecule has 11 heteroatoms. The molecule has 1 saturated carbocycles. The number of anilines is 1. The lowest BCUT2D eigenvalue weighted by molar-refractivity contribution is 0.171. The van der Waals surface area contributed by atoms with Crippen LogP contribution in [0.5, 0.6) is 11.6 Å². The van der Waals surface area contributed by atoms with E-state index in [-0.39, 0.29) is 52.3 Å². The number of nitrogens with zero attached hydrogens (tertiary/aromatic N) is 5. The summed E-state index contributed by atoms with van der Waals surface area (Å²) < 4.78 is 49.1. The molecular weight excluding hydrogens is 473 g/mol. The van der Waals surface area contributed by atoms with Gasteiger partial charge in [-0.2, -0.15) is 9.37 Å². The Labute approximate surface area is 205 Å². The van der Waals surface area contributed by atoms with E-state index in [1.165, 1.54) is 25.4 Å². The number of phenols is 1. The van der Waals surface area contributed by atoms with Crippen molar-refractivity contribution in [1.29, 1.82) is 0 Å². The molecule has 0 amide bonds. The summed E-state index contributed by atoms with van der Waals surface area (Å²) >= 11 is 0. The van der Waals surface area contributed by atoms with Crippen LogP contribution in [-0.2, 0) is 0 Å². The van der Waals surface area contributed by atoms with Gasteiger partial charge in [-0.25, -0.2) is 13.8 Å². The summed E-state index contributed by atoms with van der Waals surface area (Å²) in [5.41, 5.74) is 0.165. The maximum atomic E-state index is 15.3. The van der Waals surface area contributed by atoms with Gasteiger partial charge >= 0.3 is 0 Å². The van der Waals surface area contributed by atoms with Crippen LogP contribution in [-0.4, -0.2) is 62.7 Å². The highest BCUT2D eigenvalue weighted by Gasteiger charge is 2.48. The number of halogens is 3. The fourth-order valence-corrected chi connectivity index (χ4v) is 5.43. The molecule has 3 fully saturated rings. The van der Waals surface area contributed by atoms with Crippen molar-refractivity contribution < 1.29 is 23.0 Å². The number of methoxy groups -OCH3 is 1. The zero-order valence-electron chi connectivity index (χ0n) is 19.5. The minimum Gasteiger partial charge on any atom is -0.507 e. The third-order valence-corrected chi connectivity index (χ3v) is 7.28. The lowest BCUT2D eigenvalue weighted by Crippen LogP contribution is -2.57. The zero-order valence-corrected chi connectivity index (χ0v) is 19.5. The van der Waals surface area contributed by atoms with Crippen LogP contribution in [0, 0.1) is 11.8 Å². The minimum atomic E-state index is -1.01. The molecule has 6 rings (SSSR count). The normalized spacial score (nSPS) is 25.1. The van der Waals surface area contributed by atoms with E-state index in [9.17, 15) is 9.50 Å². The van der Waals surface area contributed by atoms with Crippen molar-refractivity contribution in [2.24, 2.45) is 0 Å². The Bertz CT molecular complexity index is 1290. The zero-order chi connectivity index (χ0) is 25.0. The molecule has 36 heavy (non-hydrogen) atoms. The third-order valence-electron chi connectivity index (χ3n) is 7.28. The average molecular weight is 499 g/mol. The summed E-state index contributed by atoms with van der Waals surface area (Å²) in [5, 5.41) is 22.4. The molecule has 8 nitrogen and oxygen atoms in total. The van der Waals surface area contributed by atoms with E-state index in [1.54, 1.807) is 0 Å². The number of rotatable bonds is 6. The predicted octanol–water partition coefficient (Wildman–Crippen LogP) is 3.79. The lowest BCUT2D eigenvalue weighted by atomic mass is 9.96. The van der Waals surface area contributed by atoms with Crippen molar-refractivity contribution in [1.82, 2.24) is 25.5 Å². The van der Waals surface area contributed by atoms with Gasteiger partial charge in [-0.1, -0.05) is 0 Å². The summed E-state index contributed by atoms with van der Waals surface area (Å²) in [6, 6.07) is 4.74. The number of hydrogen-bond donors (Lipinski definition) is 2. The van der Waals surface area contributed by atoms with Crippen molar-refractivity contribution in [3.63, 3.8) is 0 Å². The van der Waals surface area contributed by atoms with Crippen LogP contribution in [0.15, 0.2) is 30.5 Å². The standard InChI is InChI=1S/C25H25F3N6O2/c1-36-23-7-12(6-21(27)31-23)15-10-20(35)16(9-17(15)26)25-29-11-22(32-33-25)34(14-3-4-14)19-8-13-2-5-18(30-13)24(19)28/h6-7,9-11,13-14,18-19,24,30,35H,2-5,8H2,1H3/t13-,18+,19?,24?/m1/s1. The number of aromatic hydroxyl groups is 1. The SMILES string of the molecule is COc1cc(-c2cc(O)c(-c3ncc(N(C4CC4)C4C[C@H]5CC[C@H](N5)C4F)nn3)cc2F)cc(F)n1. The van der Waals surface area contributed by atoms with Gasteiger partial charge in [0.25, 0.3) is 0 Å². The number of benzene rings is 1. The highest BCUT2D eigenvalue weighted by molar-refractivity contribution is 5.74. The molecule has 0 radical (unpaired) electrons. The largest absolute Gasteiger partial charge is 0.507 e. The van der Waals surface area contributed by atoms with Crippen molar-refractivity contribution in [3.05, 3.63) is 42.2 Å². The van der Waals surface area contributed by atoms with Crippen molar-refractivity contribution >= 4 is 5.82 Å². The monoisotopic (exact) mass is 498 g/mol. The Balaban J connectivity index is 1.29. The summed E-state index contributed by atoms with van der Waals surface area (Å²) in [4.78, 5) is 9.89. The van der Waals surface area contributed by atoms with Gasteiger partial charge in [0.2, 0.25) is 11.8 Å². The highest BCUT2D eigenvalue weighted by atomic mass is 19.1. The highest BCUT2D eigenvalue weighted by Crippen LogP contribution is 2.40. The van der Waals surface area contributed by atoms with Crippen LogP contribution in [0.1, 0.15) is 32.1 Å². The Kier molecular flexibility index (Phi) is 5.66. The summed E-state index contributed by atoms with van der Waals surface area (Å²) in [5.74, 6) is -1.37. The first-order chi connectivity index (χ1) is 17.4. The van der Waals surface area contributed by atoms with Gasteiger partial charge in [-0.15, -0.1) is 10.2 Å². The molecule has 1 aliphatic carbocycles. The quantitative estimate of drug-likeness (QED) is 0.496. The Morgan fingerprint density at radius 2 is 1.89 bits per heavy atom. The molecule has 1 aromatic carbocycles. The maximum absolute atomic E-state index is 15.3. The van der Waals surface area contributed by atoms with E-state index in [2.05, 4.69) is 25.5 Å². The van der Waals surface area contributed by atoms with Crippen LogP contribution in [0.3, 0.4) is 0 Å². The van der Waals surface area contributed by atoms with Gasteiger partial charge in [0.1, 0.15) is 17.7 Å². The molecule has 2 saturated heterocycles. The molecular formula is C25H25F3N6O2. The molecule has 2 aliphatic heterocycles. The van der Waals surface area contributed by atoms with E-state index in [4.69, 9.17) is 4.74 Å². The van der Waals surface area contributed by atoms with E-state index in [1.807, 2.05) is 4.90 Å². The lowest BCUT2D eigenvalue weighted by Gasteiger charge is -2.40. The van der Waals surface area contributed by atoms with Gasteiger partial charge in [-0.05, 0) is 49.8 Å². The van der Waals surface area contributed by atoms with Gasteiger partial charge in [0.05, 0.1) is 24.9 Å². The Hall–Kier alpha value is -3.47. The summed E-state index contributed by atoms with van der Waals surface area (Å²) in [7, 11) is 1.32. The Morgan fingerprint density at radius 1 is 1.06 bits per heavy atom. The molecule has 2 bridgehead atoms. The van der Waals surface area contributed by atoms with Crippen LogP contribution < -0.4 is 15.0 Å². The van der Waals surface area contributed by atoms with Crippen LogP contribution in [0.2, 0.25) is 0 Å². The predicted molar refractivity (Wildman–Crippen MR) is 125 cm³/mol. The van der Waals surface area contributed by atoms with Crippen molar-refractivity contribution in [3.8, 4) is 34.1 Å². The molecule has 2 N–H and O–H groups in total. The smallest absolute Gasteiger partial charge is 0.216 e. The molecule has 3 aromatic rings. The summed E-state index contributed by atoms with van der Waals surface area (Å²) in [6.45, 7) is 0. The molecule has 188 valence electrons. The van der Waals surface area contributed by atoms with E-state index in [0.717, 1.165) is 37.8 Å². The number of pyridine rings is 1. The van der Waals surface area contributed by atoms with Gasteiger partial charge in [0.15, 0.2) is 11.6 Å². The van der Waals surface area contributed by atoms with Crippen LogP contribution >= 0.6 is 0 Å². The van der Waals surface area contributed by atoms with Gasteiger partial charge in [0, 0.05) is 35.8 Å². The number of nitrogens with one attached hydrogen (secondary N) is 1. The first-order valence-electron chi connectivity index (χ1n) is 12.0. The number of ether oxygens (including phenoxy) is 1. The fourth-order valence-electron chi connectivity index (χ4n) is 5.43. The second-order valence-electron chi connectivity index (χ2n) is 9.64. The van der Waals surface area contributed by atoms with Gasteiger partial charge < -0.3 is 20.1 Å². The van der Waals surface area contributed by atoms with E-state index in [0.29, 0.717) is 18.3 Å². The number of alkyl halides is 1. The summed E-state index contributed by atoms with van der Waals surface area (Å²) in [6.07, 6.45) is 4.93. The number of hydrogen-bond acceptors (Lipinski definition) is 8. The van der Waals surface area contributed by atoms with E-state index >= 15 is 8.78 Å². The molecule has 3 aliphatic rings. The van der Waals surface area contributed by atoms with Crippen LogP contribution in [0.4, 0.5) is 19.0 Å². The van der Waals surface area contributed by atoms with Crippen molar-refractivity contribution in [2.75, 3.05) is 12.0 Å². The average Bonchev–Trinajstić information content (AvgIpc) is 3.63. The molecule has 2 aromatic heterocycles. The number of fused-ring (bicyclic) bond motifs is 2.